The minimum absolute atomic E-state index is 0.931. The van der Waals surface area contributed by atoms with Crippen molar-refractivity contribution in [3.63, 3.8) is 0 Å². The number of hydrogen-bond acceptors (Lipinski definition) is 3. The van der Waals surface area contributed by atoms with Crippen LogP contribution < -0.4 is 0 Å². The van der Waals surface area contributed by atoms with E-state index >= 15 is 0 Å². The van der Waals surface area contributed by atoms with Gasteiger partial charge in [0.05, 0.1) is 17.2 Å². The predicted octanol–water partition coefficient (Wildman–Crippen LogP) is 3.87. The fraction of sp³-hybridized carbons (Fsp3) is 0.200. The molecule has 0 amide bonds. The molecule has 0 aliphatic rings. The zero-order valence-corrected chi connectivity index (χ0v) is 11.8. The van der Waals surface area contributed by atoms with E-state index in [2.05, 4.69) is 47.0 Å². The maximum absolute atomic E-state index is 4.55. The molecule has 0 radical (unpaired) electrons. The number of thioether (sulfide) groups is 1. The summed E-state index contributed by atoms with van der Waals surface area (Å²) in [6, 6.07) is 8.49. The van der Waals surface area contributed by atoms with Crippen LogP contribution in [0.25, 0.3) is 11.0 Å². The van der Waals surface area contributed by atoms with E-state index in [0.29, 0.717) is 0 Å². The highest BCUT2D eigenvalue weighted by atomic mass is 32.2. The minimum Gasteiger partial charge on any atom is -0.332 e. The number of pyridine rings is 1. The van der Waals surface area contributed by atoms with Crippen LogP contribution in [0.3, 0.4) is 0 Å². The Kier molecular flexibility index (Phi) is 3.25. The molecule has 0 fully saturated rings. The lowest BCUT2D eigenvalue weighted by atomic mass is 10.1. The summed E-state index contributed by atoms with van der Waals surface area (Å²) in [5.74, 6) is 0.931. The molecule has 0 bridgehead atoms. The number of aryl methyl sites for hydroxylation is 2. The second-order valence-corrected chi connectivity index (χ2v) is 5.62. The molecule has 0 aliphatic heterocycles. The number of fused-ring (bicyclic) bond motifs is 1. The summed E-state index contributed by atoms with van der Waals surface area (Å²) < 4.78 is 0. The first-order valence-corrected chi connectivity index (χ1v) is 7.19. The van der Waals surface area contributed by atoms with E-state index in [9.17, 15) is 0 Å². The summed E-state index contributed by atoms with van der Waals surface area (Å²) in [7, 11) is 0. The van der Waals surface area contributed by atoms with Gasteiger partial charge < -0.3 is 4.98 Å². The molecule has 0 spiro atoms. The first kappa shape index (κ1) is 12.2. The lowest BCUT2D eigenvalue weighted by molar-refractivity contribution is 1.08. The van der Waals surface area contributed by atoms with E-state index in [4.69, 9.17) is 0 Å². The van der Waals surface area contributed by atoms with Crippen LogP contribution >= 0.6 is 11.8 Å². The summed E-state index contributed by atoms with van der Waals surface area (Å²) in [6.07, 6.45) is 3.58. The van der Waals surface area contributed by atoms with Gasteiger partial charge in [-0.1, -0.05) is 35.5 Å². The van der Waals surface area contributed by atoms with Crippen molar-refractivity contribution in [2.24, 2.45) is 0 Å². The number of hydrogen-bond donors (Lipinski definition) is 1. The van der Waals surface area contributed by atoms with Crippen molar-refractivity contribution in [3.05, 3.63) is 53.3 Å². The molecule has 0 unspecified atom stereocenters. The molecule has 2 heterocycles. The summed E-state index contributed by atoms with van der Waals surface area (Å²) in [4.78, 5) is 11.9. The molecule has 3 aromatic rings. The molecule has 1 aromatic carbocycles. The predicted molar refractivity (Wildman–Crippen MR) is 79.4 cm³/mol. The summed E-state index contributed by atoms with van der Waals surface area (Å²) in [5.41, 5.74) is 5.96. The first-order valence-electron chi connectivity index (χ1n) is 6.21. The smallest absolute Gasteiger partial charge is 0.166 e. The van der Waals surface area contributed by atoms with Crippen molar-refractivity contribution >= 4 is 22.8 Å². The van der Waals surface area contributed by atoms with Gasteiger partial charge in [0, 0.05) is 11.9 Å². The molecular formula is C15H15N3S. The van der Waals surface area contributed by atoms with Gasteiger partial charge in [-0.25, -0.2) is 4.98 Å². The maximum Gasteiger partial charge on any atom is 0.166 e. The van der Waals surface area contributed by atoms with Crippen molar-refractivity contribution in [2.75, 3.05) is 0 Å². The van der Waals surface area contributed by atoms with Crippen LogP contribution in [0.1, 0.15) is 16.7 Å². The van der Waals surface area contributed by atoms with Crippen LogP contribution in [-0.4, -0.2) is 15.0 Å². The van der Waals surface area contributed by atoms with Crippen molar-refractivity contribution in [1.82, 2.24) is 15.0 Å². The second kappa shape index (κ2) is 5.05. The largest absolute Gasteiger partial charge is 0.332 e. The maximum atomic E-state index is 4.55. The van der Waals surface area contributed by atoms with Gasteiger partial charge in [-0.05, 0) is 31.0 Å². The molecule has 0 atom stereocenters. The van der Waals surface area contributed by atoms with E-state index in [0.717, 1.165) is 21.9 Å². The number of aromatic nitrogens is 3. The number of rotatable bonds is 3. The van der Waals surface area contributed by atoms with Crippen LogP contribution in [-0.2, 0) is 5.75 Å². The summed E-state index contributed by atoms with van der Waals surface area (Å²) in [6.45, 7) is 4.28. The molecule has 0 aliphatic carbocycles. The standard InChI is InChI=1S/C15H15N3S/c1-10-3-4-11(2)12(7-10)9-19-15-17-13-5-6-16-8-14(13)18-15/h3-8H,9H2,1-2H3,(H,17,18). The zero-order chi connectivity index (χ0) is 13.2. The highest BCUT2D eigenvalue weighted by Gasteiger charge is 2.05. The zero-order valence-electron chi connectivity index (χ0n) is 11.0. The Hall–Kier alpha value is -1.81. The quantitative estimate of drug-likeness (QED) is 0.734. The number of nitrogens with one attached hydrogen (secondary N) is 1. The van der Waals surface area contributed by atoms with Crippen molar-refractivity contribution < 1.29 is 0 Å². The Bertz CT molecular complexity index is 685. The average molecular weight is 269 g/mol. The van der Waals surface area contributed by atoms with E-state index in [1.807, 2.05) is 12.3 Å². The van der Waals surface area contributed by atoms with Gasteiger partial charge in [-0.15, -0.1) is 0 Å². The number of aromatic amines is 1. The number of H-pyrrole nitrogens is 1. The van der Waals surface area contributed by atoms with Gasteiger partial charge in [0.25, 0.3) is 0 Å². The summed E-state index contributed by atoms with van der Waals surface area (Å²) >= 11 is 1.73. The third-order valence-electron chi connectivity index (χ3n) is 3.13. The Morgan fingerprint density at radius 2 is 2.11 bits per heavy atom. The Morgan fingerprint density at radius 1 is 1.21 bits per heavy atom. The molecule has 3 rings (SSSR count). The van der Waals surface area contributed by atoms with Crippen LogP contribution in [0, 0.1) is 13.8 Å². The normalized spacial score (nSPS) is 11.1. The minimum atomic E-state index is 0.931. The van der Waals surface area contributed by atoms with Gasteiger partial charge in [-0.3, -0.25) is 4.98 Å². The van der Waals surface area contributed by atoms with Crippen LogP contribution in [0.4, 0.5) is 0 Å². The van der Waals surface area contributed by atoms with Crippen LogP contribution in [0.2, 0.25) is 0 Å². The Morgan fingerprint density at radius 3 is 2.95 bits per heavy atom. The van der Waals surface area contributed by atoms with Gasteiger partial charge in [0.15, 0.2) is 5.16 Å². The molecule has 0 saturated heterocycles. The third kappa shape index (κ3) is 2.63. The number of imidazole rings is 1. The van der Waals surface area contributed by atoms with Gasteiger partial charge in [-0.2, -0.15) is 0 Å². The molecule has 19 heavy (non-hydrogen) atoms. The Labute approximate surface area is 116 Å². The van der Waals surface area contributed by atoms with Crippen LogP contribution in [0.15, 0.2) is 41.8 Å². The second-order valence-electron chi connectivity index (χ2n) is 4.65. The van der Waals surface area contributed by atoms with E-state index in [-0.39, 0.29) is 0 Å². The fourth-order valence-corrected chi connectivity index (χ4v) is 2.95. The topological polar surface area (TPSA) is 41.6 Å². The van der Waals surface area contributed by atoms with Gasteiger partial charge in [0.2, 0.25) is 0 Å². The highest BCUT2D eigenvalue weighted by molar-refractivity contribution is 7.98. The molecule has 96 valence electrons. The van der Waals surface area contributed by atoms with E-state index in [1.165, 1.54) is 16.7 Å². The average Bonchev–Trinajstić information content (AvgIpc) is 2.82. The van der Waals surface area contributed by atoms with Crippen molar-refractivity contribution in [1.29, 1.82) is 0 Å². The third-order valence-corrected chi connectivity index (χ3v) is 4.05. The summed E-state index contributed by atoms with van der Waals surface area (Å²) in [5, 5.41) is 0.948. The lowest BCUT2D eigenvalue weighted by Gasteiger charge is -2.05. The van der Waals surface area contributed by atoms with Crippen molar-refractivity contribution in [3.8, 4) is 0 Å². The van der Waals surface area contributed by atoms with E-state index < -0.39 is 0 Å². The molecule has 2 aromatic heterocycles. The van der Waals surface area contributed by atoms with Gasteiger partial charge in [0.1, 0.15) is 0 Å². The van der Waals surface area contributed by atoms with E-state index in [1.54, 1.807) is 18.0 Å². The molecule has 4 heteroatoms. The SMILES string of the molecule is Cc1ccc(C)c(CSc2nc3ccncc3[nH]2)c1. The monoisotopic (exact) mass is 269 g/mol. The number of nitrogens with zero attached hydrogens (tertiary/aromatic N) is 2. The molecule has 3 nitrogen and oxygen atoms in total. The molecular weight excluding hydrogens is 254 g/mol. The van der Waals surface area contributed by atoms with Crippen LogP contribution in [0.5, 0.6) is 0 Å². The first-order chi connectivity index (χ1) is 9.22. The fourth-order valence-electron chi connectivity index (χ4n) is 2.00. The number of benzene rings is 1. The van der Waals surface area contributed by atoms with Gasteiger partial charge >= 0.3 is 0 Å². The molecule has 1 N–H and O–H groups in total. The molecule has 0 saturated carbocycles. The Balaban J connectivity index is 1.80. The highest BCUT2D eigenvalue weighted by Crippen LogP contribution is 2.24. The van der Waals surface area contributed by atoms with Crippen molar-refractivity contribution in [2.45, 2.75) is 24.8 Å². The lowest BCUT2D eigenvalue weighted by Crippen LogP contribution is -1.88.